The molecule has 0 spiro atoms. The van der Waals surface area contributed by atoms with E-state index in [1.165, 1.54) is 0 Å². The summed E-state index contributed by atoms with van der Waals surface area (Å²) in [5.74, 6) is 0.715. The number of amides is 1. The lowest BCUT2D eigenvalue weighted by Crippen LogP contribution is -2.36. The number of H-pyrrole nitrogens is 1. The van der Waals surface area contributed by atoms with Crippen molar-refractivity contribution in [2.75, 3.05) is 49.7 Å². The topological polar surface area (TPSA) is 106 Å². The summed E-state index contributed by atoms with van der Waals surface area (Å²) in [7, 11) is 0. The van der Waals surface area contributed by atoms with Gasteiger partial charge in [0.25, 0.3) is 11.5 Å². The summed E-state index contributed by atoms with van der Waals surface area (Å²) < 4.78 is 17.2. The maximum absolute atomic E-state index is 13.1. The molecule has 32 heavy (non-hydrogen) atoms. The number of nitrogens with zero attached hydrogens (tertiary/aromatic N) is 2. The summed E-state index contributed by atoms with van der Waals surface area (Å²) in [6.07, 6.45) is 0. The number of nitrogens with one attached hydrogen (secondary N) is 2. The maximum atomic E-state index is 13.1. The molecular formula is C23H26N4O5. The van der Waals surface area contributed by atoms with Gasteiger partial charge in [-0.1, -0.05) is 18.2 Å². The van der Waals surface area contributed by atoms with Gasteiger partial charge in [0.05, 0.1) is 43.2 Å². The van der Waals surface area contributed by atoms with Crippen LogP contribution in [0.3, 0.4) is 0 Å². The number of rotatable bonds is 7. The number of aromatic nitrogens is 2. The summed E-state index contributed by atoms with van der Waals surface area (Å²) in [5.41, 5.74) is 1.14. The molecule has 1 fully saturated rings. The van der Waals surface area contributed by atoms with E-state index in [1.54, 1.807) is 30.3 Å². The van der Waals surface area contributed by atoms with Crippen LogP contribution in [0.1, 0.15) is 24.3 Å². The molecule has 0 atom stereocenters. The van der Waals surface area contributed by atoms with Crippen molar-refractivity contribution >= 4 is 28.1 Å². The number of morpholine rings is 1. The molecule has 2 aromatic carbocycles. The molecule has 0 aliphatic carbocycles. The number of ether oxygens (including phenoxy) is 3. The average Bonchev–Trinajstić information content (AvgIpc) is 2.82. The van der Waals surface area contributed by atoms with Crippen LogP contribution in [0.15, 0.2) is 41.2 Å². The van der Waals surface area contributed by atoms with Crippen LogP contribution in [0.4, 0.5) is 11.4 Å². The van der Waals surface area contributed by atoms with E-state index in [9.17, 15) is 9.59 Å². The van der Waals surface area contributed by atoms with E-state index in [0.29, 0.717) is 54.4 Å². The highest BCUT2D eigenvalue weighted by atomic mass is 16.5. The Labute approximate surface area is 185 Å². The molecule has 2 N–H and O–H groups in total. The molecule has 4 rings (SSSR count). The quantitative estimate of drug-likeness (QED) is 0.584. The van der Waals surface area contributed by atoms with Gasteiger partial charge in [0.2, 0.25) is 0 Å². The largest absolute Gasteiger partial charge is 0.492 e. The molecule has 1 saturated heterocycles. The molecule has 0 unspecified atom stereocenters. The molecule has 3 aromatic rings. The fourth-order valence-electron chi connectivity index (χ4n) is 3.71. The lowest BCUT2D eigenvalue weighted by Gasteiger charge is -2.31. The Bertz CT molecular complexity index is 1170. The predicted octanol–water partition coefficient (Wildman–Crippen LogP) is 2.81. The van der Waals surface area contributed by atoms with Crippen molar-refractivity contribution in [1.82, 2.24) is 10.2 Å². The highest BCUT2D eigenvalue weighted by molar-refractivity contribution is 6.11. The highest BCUT2D eigenvalue weighted by Gasteiger charge is 2.22. The number of aromatic amines is 1. The summed E-state index contributed by atoms with van der Waals surface area (Å²) in [5, 5.41) is 10.1. The second-order valence-corrected chi connectivity index (χ2v) is 7.18. The van der Waals surface area contributed by atoms with Gasteiger partial charge in [-0.15, -0.1) is 0 Å². The van der Waals surface area contributed by atoms with Gasteiger partial charge in [-0.25, -0.2) is 5.10 Å². The van der Waals surface area contributed by atoms with Gasteiger partial charge in [-0.3, -0.25) is 9.59 Å². The molecule has 1 amide bonds. The molecule has 1 aromatic heterocycles. The van der Waals surface area contributed by atoms with Gasteiger partial charge in [0.1, 0.15) is 11.5 Å². The maximum Gasteiger partial charge on any atom is 0.276 e. The van der Waals surface area contributed by atoms with Crippen molar-refractivity contribution < 1.29 is 19.0 Å². The van der Waals surface area contributed by atoms with E-state index >= 15 is 0 Å². The number of benzene rings is 2. The molecule has 0 radical (unpaired) electrons. The first-order valence-electron chi connectivity index (χ1n) is 10.7. The van der Waals surface area contributed by atoms with Crippen molar-refractivity contribution in [2.24, 2.45) is 0 Å². The lowest BCUT2D eigenvalue weighted by molar-refractivity contribution is 0.102. The van der Waals surface area contributed by atoms with Gasteiger partial charge >= 0.3 is 0 Å². The van der Waals surface area contributed by atoms with Gasteiger partial charge in [0.15, 0.2) is 5.69 Å². The molecule has 2 heterocycles. The minimum Gasteiger partial charge on any atom is -0.492 e. The zero-order valence-corrected chi connectivity index (χ0v) is 18.1. The van der Waals surface area contributed by atoms with Crippen LogP contribution in [-0.2, 0) is 4.74 Å². The molecule has 0 saturated carbocycles. The second kappa shape index (κ2) is 9.69. The number of hydrogen-bond acceptors (Lipinski definition) is 7. The third-order valence-corrected chi connectivity index (χ3v) is 5.17. The van der Waals surface area contributed by atoms with Crippen LogP contribution < -0.4 is 25.2 Å². The van der Waals surface area contributed by atoms with Gasteiger partial charge in [0, 0.05) is 30.6 Å². The first kappa shape index (κ1) is 21.6. The van der Waals surface area contributed by atoms with Crippen LogP contribution in [0.2, 0.25) is 0 Å². The molecule has 0 bridgehead atoms. The number of anilines is 2. The average molecular weight is 438 g/mol. The zero-order chi connectivity index (χ0) is 22.5. The Balaban J connectivity index is 1.72. The second-order valence-electron chi connectivity index (χ2n) is 7.18. The van der Waals surface area contributed by atoms with Crippen molar-refractivity contribution in [2.45, 2.75) is 13.8 Å². The SMILES string of the molecule is CCOc1cc(N2CCOCC2)c(OCC)cc1NC(=O)c1n[nH]c(=O)c2ccccc12. The van der Waals surface area contributed by atoms with Crippen molar-refractivity contribution in [1.29, 1.82) is 0 Å². The number of carbonyl (C=O) groups is 1. The van der Waals surface area contributed by atoms with Crippen LogP contribution >= 0.6 is 0 Å². The Hall–Kier alpha value is -3.59. The first-order chi connectivity index (χ1) is 15.6. The summed E-state index contributed by atoms with van der Waals surface area (Å²) in [4.78, 5) is 27.4. The molecule has 168 valence electrons. The van der Waals surface area contributed by atoms with Crippen LogP contribution in [0, 0.1) is 0 Å². The summed E-state index contributed by atoms with van der Waals surface area (Å²) in [6.45, 7) is 7.46. The third-order valence-electron chi connectivity index (χ3n) is 5.17. The van der Waals surface area contributed by atoms with E-state index in [-0.39, 0.29) is 11.3 Å². The Morgan fingerprint density at radius 2 is 1.78 bits per heavy atom. The Morgan fingerprint density at radius 3 is 2.50 bits per heavy atom. The van der Waals surface area contributed by atoms with E-state index in [4.69, 9.17) is 14.2 Å². The lowest BCUT2D eigenvalue weighted by atomic mass is 10.1. The third kappa shape index (κ3) is 4.38. The van der Waals surface area contributed by atoms with Crippen LogP contribution in [0.5, 0.6) is 11.5 Å². The number of carbonyl (C=O) groups excluding carboxylic acids is 1. The van der Waals surface area contributed by atoms with Gasteiger partial charge in [-0.2, -0.15) is 5.10 Å². The molecular weight excluding hydrogens is 412 g/mol. The standard InChI is InChI=1S/C23H26N4O5/c1-3-31-19-14-18(27-9-11-30-12-10-27)20(32-4-2)13-17(19)24-23(29)21-15-7-5-6-8-16(15)22(28)26-25-21/h5-8,13-14H,3-4,9-12H2,1-2H3,(H,24,29)(H,26,28). The fraction of sp³-hybridized carbons (Fsp3) is 0.348. The van der Waals surface area contributed by atoms with E-state index in [2.05, 4.69) is 20.4 Å². The Kier molecular flexibility index (Phi) is 6.55. The van der Waals surface area contributed by atoms with Crippen molar-refractivity contribution in [3.8, 4) is 11.5 Å². The monoisotopic (exact) mass is 438 g/mol. The number of fused-ring (bicyclic) bond motifs is 1. The summed E-state index contributed by atoms with van der Waals surface area (Å²) >= 11 is 0. The smallest absolute Gasteiger partial charge is 0.276 e. The molecule has 1 aliphatic heterocycles. The van der Waals surface area contributed by atoms with Gasteiger partial charge < -0.3 is 24.4 Å². The van der Waals surface area contributed by atoms with E-state index in [1.807, 2.05) is 19.9 Å². The first-order valence-corrected chi connectivity index (χ1v) is 10.7. The summed E-state index contributed by atoms with van der Waals surface area (Å²) in [6, 6.07) is 10.5. The zero-order valence-electron chi connectivity index (χ0n) is 18.1. The van der Waals surface area contributed by atoms with E-state index < -0.39 is 5.91 Å². The minimum absolute atomic E-state index is 0.123. The van der Waals surface area contributed by atoms with Crippen LogP contribution in [-0.4, -0.2) is 55.6 Å². The predicted molar refractivity (Wildman–Crippen MR) is 122 cm³/mol. The highest BCUT2D eigenvalue weighted by Crippen LogP contribution is 2.39. The molecule has 1 aliphatic rings. The normalized spacial score (nSPS) is 13.8. The minimum atomic E-state index is -0.458. The molecule has 9 nitrogen and oxygen atoms in total. The van der Waals surface area contributed by atoms with E-state index in [0.717, 1.165) is 18.8 Å². The fourth-order valence-corrected chi connectivity index (χ4v) is 3.71. The molecule has 9 heteroatoms. The Morgan fingerprint density at radius 1 is 1.09 bits per heavy atom. The van der Waals surface area contributed by atoms with Crippen molar-refractivity contribution in [3.05, 3.63) is 52.4 Å². The van der Waals surface area contributed by atoms with Crippen LogP contribution in [0.25, 0.3) is 10.8 Å². The number of hydrogen-bond donors (Lipinski definition) is 2. The van der Waals surface area contributed by atoms with Gasteiger partial charge in [-0.05, 0) is 19.9 Å². The van der Waals surface area contributed by atoms with Crippen molar-refractivity contribution in [3.63, 3.8) is 0 Å².